The first-order chi connectivity index (χ1) is 11.6. The normalized spacial score (nSPS) is 11.2. The Hall–Kier alpha value is -2.42. The third-order valence-corrected chi connectivity index (χ3v) is 4.26. The van der Waals surface area contributed by atoms with E-state index in [1.165, 1.54) is 11.8 Å². The minimum atomic E-state index is -0.414. The summed E-state index contributed by atoms with van der Waals surface area (Å²) < 4.78 is 5.18. The molecule has 0 aliphatic rings. The standard InChI is InChI=1S/C18H15ClN2O2S/c1-23-13-7-5-6-12(10-13)21-18(24-2)15(11-20)17(22)14-8-3-4-9-16(14)19/h3-10,21H,1-2H3/b18-15+. The molecule has 1 N–H and O–H groups in total. The highest BCUT2D eigenvalue weighted by Crippen LogP contribution is 2.26. The van der Waals surface area contributed by atoms with Crippen molar-refractivity contribution < 1.29 is 9.53 Å². The summed E-state index contributed by atoms with van der Waals surface area (Å²) >= 11 is 7.35. The number of ether oxygens (including phenoxy) is 1. The van der Waals surface area contributed by atoms with Crippen molar-refractivity contribution in [3.63, 3.8) is 0 Å². The van der Waals surface area contributed by atoms with Crippen molar-refractivity contribution >= 4 is 34.8 Å². The Morgan fingerprint density at radius 2 is 2.00 bits per heavy atom. The molecule has 0 spiro atoms. The van der Waals surface area contributed by atoms with Gasteiger partial charge in [0.25, 0.3) is 0 Å². The first-order valence-electron chi connectivity index (χ1n) is 6.99. The zero-order chi connectivity index (χ0) is 17.5. The van der Waals surface area contributed by atoms with Crippen LogP contribution in [0.15, 0.2) is 59.1 Å². The lowest BCUT2D eigenvalue weighted by atomic mass is 10.1. The van der Waals surface area contributed by atoms with Gasteiger partial charge in [0.1, 0.15) is 17.4 Å². The monoisotopic (exact) mass is 358 g/mol. The topological polar surface area (TPSA) is 62.1 Å². The third-order valence-electron chi connectivity index (χ3n) is 3.22. The number of hydrogen-bond donors (Lipinski definition) is 1. The SMILES string of the molecule is COc1cccc(N/C(SC)=C(/C#N)C(=O)c2ccccc2Cl)c1. The summed E-state index contributed by atoms with van der Waals surface area (Å²) in [4.78, 5) is 12.7. The van der Waals surface area contributed by atoms with Crippen LogP contribution in [0.3, 0.4) is 0 Å². The van der Waals surface area contributed by atoms with E-state index in [-0.39, 0.29) is 5.57 Å². The lowest BCUT2D eigenvalue weighted by Crippen LogP contribution is -2.09. The maximum absolute atomic E-state index is 12.7. The van der Waals surface area contributed by atoms with Crippen LogP contribution in [0.1, 0.15) is 10.4 Å². The summed E-state index contributed by atoms with van der Waals surface area (Å²) in [6.07, 6.45) is 1.79. The number of Topliss-reactive ketones (excluding diaryl/α,β-unsaturated/α-hetero) is 1. The van der Waals surface area contributed by atoms with Crippen LogP contribution >= 0.6 is 23.4 Å². The quantitative estimate of drug-likeness (QED) is 0.459. The highest BCUT2D eigenvalue weighted by molar-refractivity contribution is 8.02. The molecule has 2 aromatic carbocycles. The highest BCUT2D eigenvalue weighted by atomic mass is 35.5. The van der Waals surface area contributed by atoms with Gasteiger partial charge < -0.3 is 10.1 Å². The van der Waals surface area contributed by atoms with Gasteiger partial charge in [0, 0.05) is 17.3 Å². The number of methoxy groups -OCH3 is 1. The third kappa shape index (κ3) is 4.10. The van der Waals surface area contributed by atoms with Crippen molar-refractivity contribution in [1.29, 1.82) is 5.26 Å². The number of thioether (sulfide) groups is 1. The smallest absolute Gasteiger partial charge is 0.207 e. The number of allylic oxidation sites excluding steroid dienone is 1. The van der Waals surface area contributed by atoms with Gasteiger partial charge in [-0.15, -0.1) is 11.8 Å². The maximum atomic E-state index is 12.7. The molecule has 0 aliphatic carbocycles. The van der Waals surface area contributed by atoms with E-state index in [9.17, 15) is 10.1 Å². The van der Waals surface area contributed by atoms with E-state index in [1.54, 1.807) is 43.7 Å². The predicted molar refractivity (Wildman–Crippen MR) is 98.6 cm³/mol. The number of halogens is 1. The number of carbonyl (C=O) groups excluding carboxylic acids is 1. The van der Waals surface area contributed by atoms with E-state index >= 15 is 0 Å². The molecule has 122 valence electrons. The molecule has 0 aromatic heterocycles. The van der Waals surface area contributed by atoms with Gasteiger partial charge in [-0.3, -0.25) is 4.79 Å². The first-order valence-corrected chi connectivity index (χ1v) is 8.59. The van der Waals surface area contributed by atoms with Crippen LogP contribution in [0, 0.1) is 11.3 Å². The van der Waals surface area contributed by atoms with E-state index in [2.05, 4.69) is 5.32 Å². The average Bonchev–Trinajstić information content (AvgIpc) is 2.61. The summed E-state index contributed by atoms with van der Waals surface area (Å²) in [6, 6.07) is 15.9. The number of hydrogen-bond acceptors (Lipinski definition) is 5. The van der Waals surface area contributed by atoms with Crippen LogP contribution in [-0.4, -0.2) is 19.1 Å². The molecule has 0 fully saturated rings. The highest BCUT2D eigenvalue weighted by Gasteiger charge is 2.19. The number of nitriles is 1. The molecule has 0 bridgehead atoms. The van der Waals surface area contributed by atoms with Crippen molar-refractivity contribution in [2.45, 2.75) is 0 Å². The van der Waals surface area contributed by atoms with Crippen molar-refractivity contribution in [2.75, 3.05) is 18.7 Å². The molecule has 24 heavy (non-hydrogen) atoms. The Morgan fingerprint density at radius 3 is 2.62 bits per heavy atom. The summed E-state index contributed by atoms with van der Waals surface area (Å²) in [7, 11) is 1.58. The van der Waals surface area contributed by atoms with Gasteiger partial charge in [0.05, 0.1) is 17.2 Å². The minimum Gasteiger partial charge on any atom is -0.497 e. The number of nitrogens with zero attached hydrogens (tertiary/aromatic N) is 1. The summed E-state index contributed by atoms with van der Waals surface area (Å²) in [5.74, 6) is 0.263. The average molecular weight is 359 g/mol. The Kier molecular flexibility index (Phi) is 6.30. The largest absolute Gasteiger partial charge is 0.497 e. The van der Waals surface area contributed by atoms with Gasteiger partial charge in [0.2, 0.25) is 5.78 Å². The van der Waals surface area contributed by atoms with Crippen LogP contribution in [-0.2, 0) is 0 Å². The number of anilines is 1. The Balaban J connectivity index is 2.41. The Morgan fingerprint density at radius 1 is 1.25 bits per heavy atom. The molecule has 0 unspecified atom stereocenters. The summed E-state index contributed by atoms with van der Waals surface area (Å²) in [6.45, 7) is 0. The molecule has 2 aromatic rings. The van der Waals surface area contributed by atoms with Gasteiger partial charge in [0.15, 0.2) is 0 Å². The summed E-state index contributed by atoms with van der Waals surface area (Å²) in [5, 5.41) is 13.4. The fourth-order valence-electron chi connectivity index (χ4n) is 2.03. The number of benzene rings is 2. The maximum Gasteiger partial charge on any atom is 0.207 e. The van der Waals surface area contributed by atoms with Crippen LogP contribution in [0.2, 0.25) is 5.02 Å². The lowest BCUT2D eigenvalue weighted by molar-refractivity contribution is 0.103. The zero-order valence-electron chi connectivity index (χ0n) is 13.2. The van der Waals surface area contributed by atoms with Crippen LogP contribution in [0.4, 0.5) is 5.69 Å². The van der Waals surface area contributed by atoms with Crippen LogP contribution in [0.5, 0.6) is 5.75 Å². The second kappa shape index (κ2) is 8.44. The van der Waals surface area contributed by atoms with Gasteiger partial charge in [-0.05, 0) is 30.5 Å². The summed E-state index contributed by atoms with van der Waals surface area (Å²) in [5.41, 5.74) is 1.03. The molecule has 0 radical (unpaired) electrons. The lowest BCUT2D eigenvalue weighted by Gasteiger charge is -2.12. The number of ketones is 1. The molecule has 0 heterocycles. The first kappa shape index (κ1) is 17.9. The van der Waals surface area contributed by atoms with Crippen molar-refractivity contribution in [3.05, 3.63) is 69.7 Å². The van der Waals surface area contributed by atoms with Gasteiger partial charge >= 0.3 is 0 Å². The minimum absolute atomic E-state index is 0.0124. The molecule has 0 saturated heterocycles. The fourth-order valence-corrected chi connectivity index (χ4v) is 2.82. The molecular weight excluding hydrogens is 344 g/mol. The van der Waals surface area contributed by atoms with Gasteiger partial charge in [-0.2, -0.15) is 5.26 Å². The predicted octanol–water partition coefficient (Wildman–Crippen LogP) is 4.74. The molecule has 4 nitrogen and oxygen atoms in total. The van der Waals surface area contributed by atoms with E-state index in [1.807, 2.05) is 24.3 Å². The second-order valence-corrected chi connectivity index (χ2v) is 5.91. The Bertz CT molecular complexity index is 828. The van der Waals surface area contributed by atoms with E-state index in [0.717, 1.165) is 5.69 Å². The molecule has 2 rings (SSSR count). The molecular formula is C18H15ClN2O2S. The van der Waals surface area contributed by atoms with Crippen LogP contribution < -0.4 is 10.1 Å². The fraction of sp³-hybridized carbons (Fsp3) is 0.111. The number of nitrogens with one attached hydrogen (secondary N) is 1. The molecule has 0 aliphatic heterocycles. The van der Waals surface area contributed by atoms with Gasteiger partial charge in [-0.25, -0.2) is 0 Å². The van der Waals surface area contributed by atoms with E-state index in [4.69, 9.17) is 16.3 Å². The molecule has 6 heteroatoms. The number of carbonyl (C=O) groups is 1. The van der Waals surface area contributed by atoms with Crippen molar-refractivity contribution in [1.82, 2.24) is 0 Å². The second-order valence-electron chi connectivity index (χ2n) is 4.69. The zero-order valence-corrected chi connectivity index (χ0v) is 14.7. The van der Waals surface area contributed by atoms with Crippen LogP contribution in [0.25, 0.3) is 0 Å². The van der Waals surface area contributed by atoms with Crippen molar-refractivity contribution in [3.8, 4) is 11.8 Å². The Labute approximate surface area is 150 Å². The molecule has 0 saturated carbocycles. The molecule has 0 amide bonds. The van der Waals surface area contributed by atoms with Crippen molar-refractivity contribution in [2.24, 2.45) is 0 Å². The van der Waals surface area contributed by atoms with E-state index < -0.39 is 5.78 Å². The van der Waals surface area contributed by atoms with E-state index in [0.29, 0.717) is 21.4 Å². The molecule has 0 atom stereocenters. The van der Waals surface area contributed by atoms with Gasteiger partial charge in [-0.1, -0.05) is 29.8 Å². The number of rotatable bonds is 6.